The lowest BCUT2D eigenvalue weighted by Crippen LogP contribution is -2.29. The summed E-state index contributed by atoms with van der Waals surface area (Å²) in [6.45, 7) is 3.31. The first kappa shape index (κ1) is 13.9. The maximum atomic E-state index is 12.8. The first-order valence-electron chi connectivity index (χ1n) is 7.74. The Kier molecular flexibility index (Phi) is 3.29. The van der Waals surface area contributed by atoms with Crippen molar-refractivity contribution in [3.05, 3.63) is 53.7 Å². The van der Waals surface area contributed by atoms with E-state index in [2.05, 4.69) is 20.2 Å². The van der Waals surface area contributed by atoms with E-state index in [1.54, 1.807) is 6.20 Å². The van der Waals surface area contributed by atoms with Gasteiger partial charge in [-0.25, -0.2) is 9.97 Å². The van der Waals surface area contributed by atoms with E-state index in [0.29, 0.717) is 18.8 Å². The SMILES string of the molecule is Cc1ccnc(C2CCN(C(=O)c3n[nH]c4ccccc34)C2)n1. The Balaban J connectivity index is 1.56. The van der Waals surface area contributed by atoms with E-state index < -0.39 is 0 Å². The van der Waals surface area contributed by atoms with Gasteiger partial charge in [0.25, 0.3) is 5.91 Å². The second-order valence-corrected chi connectivity index (χ2v) is 5.91. The van der Waals surface area contributed by atoms with Crippen LogP contribution in [0, 0.1) is 6.92 Å². The zero-order chi connectivity index (χ0) is 15.8. The predicted molar refractivity (Wildman–Crippen MR) is 86.1 cm³/mol. The minimum atomic E-state index is -0.0300. The van der Waals surface area contributed by atoms with Crippen molar-refractivity contribution in [3.8, 4) is 0 Å². The van der Waals surface area contributed by atoms with Gasteiger partial charge in [0.15, 0.2) is 5.69 Å². The maximum Gasteiger partial charge on any atom is 0.275 e. The van der Waals surface area contributed by atoms with Gasteiger partial charge in [-0.3, -0.25) is 9.89 Å². The summed E-state index contributed by atoms with van der Waals surface area (Å²) in [5, 5.41) is 7.99. The van der Waals surface area contributed by atoms with Crippen LogP contribution in [0.25, 0.3) is 10.9 Å². The molecule has 0 bridgehead atoms. The van der Waals surface area contributed by atoms with Crippen LogP contribution in [0.5, 0.6) is 0 Å². The van der Waals surface area contributed by atoms with Crippen molar-refractivity contribution in [1.29, 1.82) is 0 Å². The summed E-state index contributed by atoms with van der Waals surface area (Å²) < 4.78 is 0. The average molecular weight is 307 g/mol. The van der Waals surface area contributed by atoms with Crippen LogP contribution in [0.15, 0.2) is 36.5 Å². The average Bonchev–Trinajstić information content (AvgIpc) is 3.22. The molecule has 2 aromatic heterocycles. The lowest BCUT2D eigenvalue weighted by Gasteiger charge is -2.15. The molecule has 1 aliphatic heterocycles. The monoisotopic (exact) mass is 307 g/mol. The number of amides is 1. The normalized spacial score (nSPS) is 17.8. The summed E-state index contributed by atoms with van der Waals surface area (Å²) in [6.07, 6.45) is 2.67. The zero-order valence-electron chi connectivity index (χ0n) is 12.9. The van der Waals surface area contributed by atoms with Crippen molar-refractivity contribution >= 4 is 16.8 Å². The molecule has 0 spiro atoms. The van der Waals surface area contributed by atoms with E-state index in [1.807, 2.05) is 42.2 Å². The second kappa shape index (κ2) is 5.46. The molecule has 23 heavy (non-hydrogen) atoms. The van der Waals surface area contributed by atoms with Crippen molar-refractivity contribution in [2.24, 2.45) is 0 Å². The van der Waals surface area contributed by atoms with Gasteiger partial charge in [-0.2, -0.15) is 5.10 Å². The van der Waals surface area contributed by atoms with Gasteiger partial charge in [-0.05, 0) is 25.5 Å². The fourth-order valence-electron chi connectivity index (χ4n) is 3.10. The molecule has 1 atom stereocenters. The number of fused-ring (bicyclic) bond motifs is 1. The van der Waals surface area contributed by atoms with Crippen LogP contribution in [0.2, 0.25) is 0 Å². The molecule has 1 N–H and O–H groups in total. The van der Waals surface area contributed by atoms with E-state index in [4.69, 9.17) is 0 Å². The molecule has 4 rings (SSSR count). The Bertz CT molecular complexity index is 872. The highest BCUT2D eigenvalue weighted by Crippen LogP contribution is 2.27. The topological polar surface area (TPSA) is 74.8 Å². The Labute approximate surface area is 133 Å². The molecule has 1 saturated heterocycles. The summed E-state index contributed by atoms with van der Waals surface area (Å²) >= 11 is 0. The largest absolute Gasteiger partial charge is 0.336 e. The van der Waals surface area contributed by atoms with Crippen molar-refractivity contribution < 1.29 is 4.79 Å². The van der Waals surface area contributed by atoms with Gasteiger partial charge in [0.05, 0.1) is 5.52 Å². The molecule has 0 saturated carbocycles. The quantitative estimate of drug-likeness (QED) is 0.788. The van der Waals surface area contributed by atoms with Crippen LogP contribution >= 0.6 is 0 Å². The lowest BCUT2D eigenvalue weighted by atomic mass is 10.1. The summed E-state index contributed by atoms with van der Waals surface area (Å²) in [5.41, 5.74) is 2.33. The highest BCUT2D eigenvalue weighted by Gasteiger charge is 2.31. The Morgan fingerprint density at radius 1 is 1.30 bits per heavy atom. The summed E-state index contributed by atoms with van der Waals surface area (Å²) in [5.74, 6) is 0.994. The number of carbonyl (C=O) groups excluding carboxylic acids is 1. The van der Waals surface area contributed by atoms with Gasteiger partial charge in [0.1, 0.15) is 5.82 Å². The van der Waals surface area contributed by atoms with E-state index in [-0.39, 0.29) is 11.8 Å². The molecule has 6 nitrogen and oxygen atoms in total. The molecule has 116 valence electrons. The molecule has 1 unspecified atom stereocenters. The number of hydrogen-bond donors (Lipinski definition) is 1. The molecule has 1 aromatic carbocycles. The number of H-pyrrole nitrogens is 1. The van der Waals surface area contributed by atoms with Crippen molar-refractivity contribution in [2.75, 3.05) is 13.1 Å². The molecule has 3 heterocycles. The highest BCUT2D eigenvalue weighted by molar-refractivity contribution is 6.04. The first-order valence-corrected chi connectivity index (χ1v) is 7.74. The Hall–Kier alpha value is -2.76. The summed E-state index contributed by atoms with van der Waals surface area (Å²) in [6, 6.07) is 9.57. The Morgan fingerprint density at radius 2 is 2.17 bits per heavy atom. The van der Waals surface area contributed by atoms with Gasteiger partial charge < -0.3 is 4.90 Å². The zero-order valence-corrected chi connectivity index (χ0v) is 12.9. The minimum absolute atomic E-state index is 0.0300. The maximum absolute atomic E-state index is 12.8. The van der Waals surface area contributed by atoms with Crippen LogP contribution in [0.1, 0.15) is 34.3 Å². The second-order valence-electron chi connectivity index (χ2n) is 5.91. The van der Waals surface area contributed by atoms with Crippen LogP contribution in [-0.4, -0.2) is 44.1 Å². The van der Waals surface area contributed by atoms with Crippen LogP contribution in [0.4, 0.5) is 0 Å². The first-order chi connectivity index (χ1) is 11.2. The lowest BCUT2D eigenvalue weighted by molar-refractivity contribution is 0.0786. The molecule has 0 radical (unpaired) electrons. The standard InChI is InChI=1S/C17H17N5O/c1-11-6-8-18-16(19-11)12-7-9-22(10-12)17(23)15-13-4-2-3-5-14(13)20-21-15/h2-6,8,12H,7,9-10H2,1H3,(H,20,21). The number of nitrogens with one attached hydrogen (secondary N) is 1. The summed E-state index contributed by atoms with van der Waals surface area (Å²) in [4.78, 5) is 23.5. The molecule has 1 fully saturated rings. The fourth-order valence-corrected chi connectivity index (χ4v) is 3.10. The Morgan fingerprint density at radius 3 is 3.04 bits per heavy atom. The minimum Gasteiger partial charge on any atom is -0.336 e. The smallest absolute Gasteiger partial charge is 0.275 e. The molecule has 1 aliphatic rings. The number of hydrogen-bond acceptors (Lipinski definition) is 4. The van der Waals surface area contributed by atoms with Crippen LogP contribution in [-0.2, 0) is 0 Å². The van der Waals surface area contributed by atoms with Gasteiger partial charge >= 0.3 is 0 Å². The number of aromatic amines is 1. The number of carbonyl (C=O) groups is 1. The molecular formula is C17H17N5O. The van der Waals surface area contributed by atoms with Crippen molar-refractivity contribution in [1.82, 2.24) is 25.1 Å². The van der Waals surface area contributed by atoms with Gasteiger partial charge in [0.2, 0.25) is 0 Å². The summed E-state index contributed by atoms with van der Waals surface area (Å²) in [7, 11) is 0. The van der Waals surface area contributed by atoms with Gasteiger partial charge in [-0.1, -0.05) is 18.2 Å². The van der Waals surface area contributed by atoms with Gasteiger partial charge in [0, 0.05) is 36.3 Å². The fraction of sp³-hybridized carbons (Fsp3) is 0.294. The van der Waals surface area contributed by atoms with E-state index in [0.717, 1.165) is 28.8 Å². The molecule has 6 heteroatoms. The third-order valence-corrected chi connectivity index (χ3v) is 4.33. The predicted octanol–water partition coefficient (Wildman–Crippen LogP) is 2.29. The number of aromatic nitrogens is 4. The number of benzene rings is 1. The number of aryl methyl sites for hydroxylation is 1. The van der Waals surface area contributed by atoms with E-state index in [1.165, 1.54) is 0 Å². The third kappa shape index (κ3) is 2.46. The van der Waals surface area contributed by atoms with Gasteiger partial charge in [-0.15, -0.1) is 0 Å². The van der Waals surface area contributed by atoms with E-state index in [9.17, 15) is 4.79 Å². The molecule has 3 aromatic rings. The van der Waals surface area contributed by atoms with E-state index >= 15 is 0 Å². The molecule has 0 aliphatic carbocycles. The highest BCUT2D eigenvalue weighted by atomic mass is 16.2. The number of rotatable bonds is 2. The van der Waals surface area contributed by atoms with Crippen molar-refractivity contribution in [3.63, 3.8) is 0 Å². The molecular weight excluding hydrogens is 290 g/mol. The number of nitrogens with zero attached hydrogens (tertiary/aromatic N) is 4. The van der Waals surface area contributed by atoms with Crippen molar-refractivity contribution in [2.45, 2.75) is 19.3 Å². The van der Waals surface area contributed by atoms with Crippen LogP contribution < -0.4 is 0 Å². The number of likely N-dealkylation sites (tertiary alicyclic amines) is 1. The molecule has 1 amide bonds. The third-order valence-electron chi connectivity index (χ3n) is 4.33. The van der Waals surface area contributed by atoms with Crippen LogP contribution in [0.3, 0.4) is 0 Å². The number of para-hydroxylation sites is 1.